The maximum Gasteiger partial charge on any atom is 0.153 e. The van der Waals surface area contributed by atoms with Crippen LogP contribution in [0.4, 0.5) is 5.69 Å². The molecule has 5 nitrogen and oxygen atoms in total. The summed E-state index contributed by atoms with van der Waals surface area (Å²) in [5, 5.41) is -0.250. The number of anilines is 1. The van der Waals surface area contributed by atoms with E-state index in [0.717, 1.165) is 23.8 Å². The third-order valence-corrected chi connectivity index (χ3v) is 9.71. The summed E-state index contributed by atoms with van der Waals surface area (Å²) in [4.78, 5) is 4.76. The Labute approximate surface area is 169 Å². The number of benzene rings is 1. The molecular weight excluding hydrogens is 372 g/mol. The number of likely N-dealkylation sites (tertiary alicyclic amines) is 1. The second-order valence-corrected chi connectivity index (χ2v) is 11.9. The van der Waals surface area contributed by atoms with Crippen molar-refractivity contribution in [1.29, 1.82) is 0 Å². The van der Waals surface area contributed by atoms with Gasteiger partial charge in [-0.25, -0.2) is 8.42 Å². The molecule has 3 atom stereocenters. The average molecular weight is 405 g/mol. The van der Waals surface area contributed by atoms with Crippen molar-refractivity contribution in [1.82, 2.24) is 4.90 Å². The molecule has 5 rings (SSSR count). The normalized spacial score (nSPS) is 33.0. The molecule has 3 fully saturated rings. The molecule has 2 aliphatic carbocycles. The van der Waals surface area contributed by atoms with Gasteiger partial charge in [0, 0.05) is 30.8 Å². The van der Waals surface area contributed by atoms with Gasteiger partial charge in [-0.3, -0.25) is 0 Å². The number of sulfone groups is 1. The molecule has 2 saturated heterocycles. The van der Waals surface area contributed by atoms with Crippen LogP contribution in [-0.4, -0.2) is 64.7 Å². The molecule has 0 aromatic heterocycles. The first-order valence-corrected chi connectivity index (χ1v) is 12.6. The molecule has 6 heteroatoms. The highest BCUT2D eigenvalue weighted by atomic mass is 32.2. The van der Waals surface area contributed by atoms with Crippen LogP contribution in [0.5, 0.6) is 5.75 Å². The summed E-state index contributed by atoms with van der Waals surface area (Å²) in [6, 6.07) is 5.28. The third kappa shape index (κ3) is 2.63. The summed E-state index contributed by atoms with van der Waals surface area (Å²) in [5.41, 5.74) is 4.39. The van der Waals surface area contributed by atoms with Gasteiger partial charge in [0.1, 0.15) is 5.75 Å². The van der Waals surface area contributed by atoms with E-state index in [2.05, 4.69) is 29.0 Å². The molecule has 1 saturated carbocycles. The second-order valence-electron chi connectivity index (χ2n) is 9.55. The largest absolute Gasteiger partial charge is 0.495 e. The van der Waals surface area contributed by atoms with Gasteiger partial charge in [0.15, 0.2) is 9.84 Å². The smallest absolute Gasteiger partial charge is 0.153 e. The van der Waals surface area contributed by atoms with Gasteiger partial charge in [-0.15, -0.1) is 0 Å². The SMILES string of the molecule is COc1cc2c(cc1N1CC(S(C)(=O)=O)C1)C[C@H]1C3CCCC[C@@]23CCN1C. The fourth-order valence-corrected chi connectivity index (χ4v) is 7.44. The summed E-state index contributed by atoms with van der Waals surface area (Å²) >= 11 is 0. The minimum atomic E-state index is -2.97. The Morgan fingerprint density at radius 2 is 1.96 bits per heavy atom. The molecular formula is C22H32N2O3S. The van der Waals surface area contributed by atoms with E-state index in [1.54, 1.807) is 7.11 Å². The van der Waals surface area contributed by atoms with Gasteiger partial charge in [-0.05, 0) is 68.5 Å². The first-order chi connectivity index (χ1) is 13.3. The maximum absolute atomic E-state index is 11.8. The molecule has 1 aromatic rings. The number of methoxy groups -OCH3 is 1. The standard InChI is InChI=1S/C22H32N2O3S/c1-23-9-8-22-7-5-4-6-17(22)19(23)10-15-11-20(21(27-2)12-18(15)22)24-13-16(14-24)28(3,25)26/h11-12,16-17,19H,4-10,13-14H2,1-3H3/t17?,19-,22-/m0/s1. The van der Waals surface area contributed by atoms with E-state index >= 15 is 0 Å². The monoisotopic (exact) mass is 404 g/mol. The average Bonchev–Trinajstić information content (AvgIpc) is 2.62. The number of likely N-dealkylation sites (N-methyl/N-ethyl adjacent to an activating group) is 1. The number of nitrogens with zero attached hydrogens (tertiary/aromatic N) is 2. The van der Waals surface area contributed by atoms with E-state index in [1.807, 2.05) is 0 Å². The van der Waals surface area contributed by atoms with Crippen LogP contribution in [0.2, 0.25) is 0 Å². The van der Waals surface area contributed by atoms with Gasteiger partial charge in [-0.1, -0.05) is 12.8 Å². The summed E-state index contributed by atoms with van der Waals surface area (Å²) in [6.07, 6.45) is 9.05. The van der Waals surface area contributed by atoms with E-state index in [9.17, 15) is 8.42 Å². The fraction of sp³-hybridized carbons (Fsp3) is 0.727. The summed E-state index contributed by atoms with van der Waals surface area (Å²) in [7, 11) is 1.07. The van der Waals surface area contributed by atoms with Crippen molar-refractivity contribution < 1.29 is 13.2 Å². The Hall–Kier alpha value is -1.27. The quantitative estimate of drug-likeness (QED) is 0.775. The second kappa shape index (κ2) is 6.36. The van der Waals surface area contributed by atoms with Crippen LogP contribution >= 0.6 is 0 Å². The first-order valence-electron chi connectivity index (χ1n) is 10.7. The minimum Gasteiger partial charge on any atom is -0.495 e. The number of fused-ring (bicyclic) bond motifs is 1. The van der Waals surface area contributed by atoms with E-state index in [1.165, 1.54) is 56.0 Å². The Morgan fingerprint density at radius 1 is 1.18 bits per heavy atom. The fourth-order valence-electron chi connectivity index (χ4n) is 6.54. The molecule has 0 spiro atoms. The van der Waals surface area contributed by atoms with E-state index in [4.69, 9.17) is 4.74 Å². The maximum atomic E-state index is 11.8. The molecule has 1 aromatic carbocycles. The highest BCUT2D eigenvalue weighted by Crippen LogP contribution is 2.57. The number of rotatable bonds is 3. The van der Waals surface area contributed by atoms with Gasteiger partial charge < -0.3 is 14.5 Å². The highest BCUT2D eigenvalue weighted by Gasteiger charge is 2.53. The first kappa shape index (κ1) is 18.7. The van der Waals surface area contributed by atoms with Crippen LogP contribution in [0.1, 0.15) is 43.2 Å². The van der Waals surface area contributed by atoms with Crippen LogP contribution in [0.25, 0.3) is 0 Å². The van der Waals surface area contributed by atoms with Gasteiger partial charge in [-0.2, -0.15) is 0 Å². The minimum absolute atomic E-state index is 0.250. The predicted molar refractivity (Wildman–Crippen MR) is 112 cm³/mol. The molecule has 2 bridgehead atoms. The zero-order chi connectivity index (χ0) is 19.7. The van der Waals surface area contributed by atoms with Crippen LogP contribution in [0.15, 0.2) is 12.1 Å². The van der Waals surface area contributed by atoms with Crippen molar-refractivity contribution in [3.8, 4) is 5.75 Å². The van der Waals surface area contributed by atoms with Crippen LogP contribution in [0, 0.1) is 5.92 Å². The summed E-state index contributed by atoms with van der Waals surface area (Å²) < 4.78 is 29.5. The number of ether oxygens (including phenoxy) is 1. The lowest BCUT2D eigenvalue weighted by atomic mass is 9.52. The summed E-state index contributed by atoms with van der Waals surface area (Å²) in [5.74, 6) is 1.68. The lowest BCUT2D eigenvalue weighted by Crippen LogP contribution is -2.60. The van der Waals surface area contributed by atoms with Gasteiger partial charge >= 0.3 is 0 Å². The number of hydrogen-bond donors (Lipinski definition) is 0. The highest BCUT2D eigenvalue weighted by molar-refractivity contribution is 7.91. The topological polar surface area (TPSA) is 49.9 Å². The molecule has 28 heavy (non-hydrogen) atoms. The molecule has 154 valence electrons. The van der Waals surface area contributed by atoms with Crippen LogP contribution in [-0.2, 0) is 21.7 Å². The van der Waals surface area contributed by atoms with Crippen molar-refractivity contribution in [2.45, 2.75) is 55.2 Å². The van der Waals surface area contributed by atoms with Crippen molar-refractivity contribution in [3.05, 3.63) is 23.3 Å². The van der Waals surface area contributed by atoms with Crippen molar-refractivity contribution in [2.24, 2.45) is 5.92 Å². The van der Waals surface area contributed by atoms with Crippen molar-refractivity contribution in [2.75, 3.05) is 44.9 Å². The molecule has 1 unspecified atom stereocenters. The van der Waals surface area contributed by atoms with Gasteiger partial charge in [0.25, 0.3) is 0 Å². The number of piperidine rings is 1. The molecule has 2 heterocycles. The van der Waals surface area contributed by atoms with Crippen LogP contribution < -0.4 is 9.64 Å². The Balaban J connectivity index is 1.55. The zero-order valence-corrected chi connectivity index (χ0v) is 18.1. The van der Waals surface area contributed by atoms with Gasteiger partial charge in [0.2, 0.25) is 0 Å². The molecule has 0 amide bonds. The molecule has 0 radical (unpaired) electrons. The Morgan fingerprint density at radius 3 is 2.68 bits per heavy atom. The lowest BCUT2D eigenvalue weighted by Gasteiger charge is -2.58. The molecule has 4 aliphatic rings. The lowest BCUT2D eigenvalue weighted by molar-refractivity contribution is 0.00275. The van der Waals surface area contributed by atoms with Crippen LogP contribution in [0.3, 0.4) is 0 Å². The van der Waals surface area contributed by atoms with E-state index < -0.39 is 9.84 Å². The zero-order valence-electron chi connectivity index (χ0n) is 17.3. The Bertz CT molecular complexity index is 893. The van der Waals surface area contributed by atoms with E-state index in [-0.39, 0.29) is 5.25 Å². The van der Waals surface area contributed by atoms with Crippen molar-refractivity contribution in [3.63, 3.8) is 0 Å². The van der Waals surface area contributed by atoms with Gasteiger partial charge in [0.05, 0.1) is 18.0 Å². The summed E-state index contributed by atoms with van der Waals surface area (Å²) in [6.45, 7) is 2.34. The van der Waals surface area contributed by atoms with Crippen molar-refractivity contribution >= 4 is 15.5 Å². The molecule has 2 aliphatic heterocycles. The number of hydrogen-bond acceptors (Lipinski definition) is 5. The van der Waals surface area contributed by atoms with E-state index in [0.29, 0.717) is 24.5 Å². The third-order valence-electron chi connectivity index (χ3n) is 8.20. The Kier molecular flexibility index (Phi) is 4.26. The predicted octanol–water partition coefficient (Wildman–Crippen LogP) is 2.62. The molecule has 0 N–H and O–H groups in total.